The number of rotatable bonds is 7. The molecule has 1 aliphatic carbocycles. The highest BCUT2D eigenvalue weighted by molar-refractivity contribution is 6.21. The van der Waals surface area contributed by atoms with Gasteiger partial charge in [0, 0.05) is 6.54 Å². The number of hydrogen-bond acceptors (Lipinski definition) is 6. The Morgan fingerprint density at radius 3 is 2.32 bits per heavy atom. The van der Waals surface area contributed by atoms with Gasteiger partial charge in [0.1, 0.15) is 0 Å². The SMILES string of the molecule is COc1ccc(C(CN2C(=O)c3ccccc3C2=O)C(=O)NO)cc1OC1CCCC1. The van der Waals surface area contributed by atoms with Crippen LogP contribution in [-0.4, -0.2) is 47.6 Å². The summed E-state index contributed by atoms with van der Waals surface area (Å²) < 4.78 is 11.5. The van der Waals surface area contributed by atoms with Gasteiger partial charge in [0.05, 0.1) is 30.3 Å². The summed E-state index contributed by atoms with van der Waals surface area (Å²) in [5, 5.41) is 9.30. The van der Waals surface area contributed by atoms with Crippen molar-refractivity contribution in [1.29, 1.82) is 0 Å². The second kappa shape index (κ2) is 8.77. The van der Waals surface area contributed by atoms with Crippen molar-refractivity contribution in [3.8, 4) is 11.5 Å². The second-order valence-electron chi connectivity index (χ2n) is 7.73. The normalized spacial score (nSPS) is 16.9. The highest BCUT2D eigenvalue weighted by Gasteiger charge is 2.38. The Labute approximate surface area is 179 Å². The highest BCUT2D eigenvalue weighted by atomic mass is 16.5. The van der Waals surface area contributed by atoms with Crippen LogP contribution in [0, 0.1) is 0 Å². The average Bonchev–Trinajstić information content (AvgIpc) is 3.39. The number of ether oxygens (including phenoxy) is 2. The van der Waals surface area contributed by atoms with E-state index >= 15 is 0 Å². The Morgan fingerprint density at radius 1 is 1.10 bits per heavy atom. The largest absolute Gasteiger partial charge is 0.493 e. The second-order valence-corrected chi connectivity index (χ2v) is 7.73. The summed E-state index contributed by atoms with van der Waals surface area (Å²) in [4.78, 5) is 39.0. The molecule has 0 aromatic heterocycles. The van der Waals surface area contributed by atoms with Gasteiger partial charge < -0.3 is 9.47 Å². The molecule has 8 nitrogen and oxygen atoms in total. The molecule has 1 fully saturated rings. The summed E-state index contributed by atoms with van der Waals surface area (Å²) in [6.07, 6.45) is 4.17. The fourth-order valence-corrected chi connectivity index (χ4v) is 4.19. The maximum atomic E-state index is 12.7. The van der Waals surface area contributed by atoms with Crippen LogP contribution in [0.5, 0.6) is 11.5 Å². The zero-order valence-electron chi connectivity index (χ0n) is 17.2. The van der Waals surface area contributed by atoms with Crippen LogP contribution in [0.3, 0.4) is 0 Å². The van der Waals surface area contributed by atoms with Crippen LogP contribution in [0.1, 0.15) is 57.9 Å². The molecule has 0 bridgehead atoms. The molecular formula is C23H24N2O6. The standard InChI is InChI=1S/C23H24N2O6/c1-30-19-11-10-14(12-20(19)31-15-6-2-3-7-15)18(21(26)24-29)13-25-22(27)16-8-4-5-9-17(16)23(25)28/h4-5,8-12,15,18,29H,2-3,6-7,13H2,1H3,(H,24,26). The van der Waals surface area contributed by atoms with Crippen molar-refractivity contribution in [2.24, 2.45) is 0 Å². The minimum Gasteiger partial charge on any atom is -0.493 e. The molecule has 1 heterocycles. The maximum Gasteiger partial charge on any atom is 0.261 e. The molecule has 162 valence electrons. The van der Waals surface area contributed by atoms with Gasteiger partial charge >= 0.3 is 0 Å². The van der Waals surface area contributed by atoms with E-state index in [0.717, 1.165) is 30.6 Å². The number of methoxy groups -OCH3 is 1. The molecule has 1 aliphatic heterocycles. The minimum atomic E-state index is -0.982. The quantitative estimate of drug-likeness (QED) is 0.402. The number of hydroxylamine groups is 1. The fourth-order valence-electron chi connectivity index (χ4n) is 4.19. The molecule has 2 aromatic carbocycles. The molecule has 8 heteroatoms. The fraction of sp³-hybridized carbons (Fsp3) is 0.348. The molecule has 4 rings (SSSR count). The lowest BCUT2D eigenvalue weighted by atomic mass is 9.97. The Kier molecular flexibility index (Phi) is 5.90. The van der Waals surface area contributed by atoms with Crippen LogP contribution >= 0.6 is 0 Å². The van der Waals surface area contributed by atoms with E-state index < -0.39 is 23.6 Å². The number of imide groups is 1. The molecule has 1 atom stereocenters. The average molecular weight is 424 g/mol. The number of nitrogens with zero attached hydrogens (tertiary/aromatic N) is 1. The van der Waals surface area contributed by atoms with E-state index in [0.29, 0.717) is 28.2 Å². The van der Waals surface area contributed by atoms with Crippen molar-refractivity contribution in [2.75, 3.05) is 13.7 Å². The Hall–Kier alpha value is -3.39. The third kappa shape index (κ3) is 3.98. The number of benzene rings is 2. The molecule has 2 aromatic rings. The summed E-state index contributed by atoms with van der Waals surface area (Å²) >= 11 is 0. The molecule has 2 aliphatic rings. The minimum absolute atomic E-state index is 0.0745. The van der Waals surface area contributed by atoms with Gasteiger partial charge in [-0.25, -0.2) is 5.48 Å². The molecule has 0 saturated heterocycles. The number of nitrogens with one attached hydrogen (secondary N) is 1. The first kappa shape index (κ1) is 20.9. The predicted molar refractivity (Wildman–Crippen MR) is 110 cm³/mol. The van der Waals surface area contributed by atoms with Crippen molar-refractivity contribution in [2.45, 2.75) is 37.7 Å². The Balaban J connectivity index is 1.63. The van der Waals surface area contributed by atoms with Gasteiger partial charge in [0.2, 0.25) is 0 Å². The Morgan fingerprint density at radius 2 is 1.74 bits per heavy atom. The molecule has 2 N–H and O–H groups in total. The van der Waals surface area contributed by atoms with Gasteiger partial charge in [-0.05, 0) is 55.5 Å². The number of fused-ring (bicyclic) bond motifs is 1. The molecule has 0 radical (unpaired) electrons. The zero-order valence-corrected chi connectivity index (χ0v) is 17.2. The number of hydrogen-bond donors (Lipinski definition) is 2. The molecule has 0 spiro atoms. The summed E-state index contributed by atoms with van der Waals surface area (Å²) in [6.45, 7) is -0.214. The monoisotopic (exact) mass is 424 g/mol. The lowest BCUT2D eigenvalue weighted by Crippen LogP contribution is -2.39. The maximum absolute atomic E-state index is 12.7. The van der Waals surface area contributed by atoms with Crippen molar-refractivity contribution >= 4 is 17.7 Å². The van der Waals surface area contributed by atoms with Crippen LogP contribution in [0.4, 0.5) is 0 Å². The van der Waals surface area contributed by atoms with Crippen LogP contribution in [0.15, 0.2) is 42.5 Å². The van der Waals surface area contributed by atoms with E-state index in [1.165, 1.54) is 7.11 Å². The predicted octanol–water partition coefficient (Wildman–Crippen LogP) is 2.90. The van der Waals surface area contributed by atoms with E-state index in [4.69, 9.17) is 9.47 Å². The molecular weight excluding hydrogens is 400 g/mol. The molecule has 1 saturated carbocycles. The number of amides is 3. The smallest absolute Gasteiger partial charge is 0.261 e. The third-order valence-electron chi connectivity index (χ3n) is 5.86. The van der Waals surface area contributed by atoms with E-state index in [2.05, 4.69) is 0 Å². The summed E-state index contributed by atoms with van der Waals surface area (Å²) in [5.41, 5.74) is 2.75. The van der Waals surface area contributed by atoms with E-state index in [9.17, 15) is 19.6 Å². The molecule has 1 unspecified atom stereocenters. The lowest BCUT2D eigenvalue weighted by molar-refractivity contribution is -0.130. The lowest BCUT2D eigenvalue weighted by Gasteiger charge is -2.23. The van der Waals surface area contributed by atoms with Crippen LogP contribution in [0.25, 0.3) is 0 Å². The first-order chi connectivity index (χ1) is 15.0. The van der Waals surface area contributed by atoms with Gasteiger partial charge in [-0.3, -0.25) is 24.5 Å². The summed E-state index contributed by atoms with van der Waals surface area (Å²) in [5.74, 6) is -1.62. The van der Waals surface area contributed by atoms with Crippen LogP contribution < -0.4 is 15.0 Å². The van der Waals surface area contributed by atoms with E-state index in [1.54, 1.807) is 47.9 Å². The number of carbonyl (C=O) groups excluding carboxylic acids is 3. The van der Waals surface area contributed by atoms with Gasteiger partial charge in [0.25, 0.3) is 17.7 Å². The summed E-state index contributed by atoms with van der Waals surface area (Å²) in [7, 11) is 1.53. The molecule has 3 amide bonds. The van der Waals surface area contributed by atoms with Crippen molar-refractivity contribution in [3.05, 3.63) is 59.2 Å². The van der Waals surface area contributed by atoms with Gasteiger partial charge in [0.15, 0.2) is 11.5 Å². The van der Waals surface area contributed by atoms with Crippen molar-refractivity contribution in [1.82, 2.24) is 10.4 Å². The highest BCUT2D eigenvalue weighted by Crippen LogP contribution is 2.35. The van der Waals surface area contributed by atoms with Crippen molar-refractivity contribution < 1.29 is 29.1 Å². The molecule has 31 heavy (non-hydrogen) atoms. The van der Waals surface area contributed by atoms with Gasteiger partial charge in [-0.1, -0.05) is 18.2 Å². The third-order valence-corrected chi connectivity index (χ3v) is 5.86. The van der Waals surface area contributed by atoms with Gasteiger partial charge in [-0.15, -0.1) is 0 Å². The number of carbonyl (C=O) groups is 3. The van der Waals surface area contributed by atoms with Crippen LogP contribution in [0.2, 0.25) is 0 Å². The van der Waals surface area contributed by atoms with E-state index in [1.807, 2.05) is 0 Å². The summed E-state index contributed by atoms with van der Waals surface area (Å²) in [6, 6.07) is 11.5. The Bertz CT molecular complexity index is 980. The van der Waals surface area contributed by atoms with Crippen molar-refractivity contribution in [3.63, 3.8) is 0 Å². The topological polar surface area (TPSA) is 105 Å². The first-order valence-corrected chi connectivity index (χ1v) is 10.3. The first-order valence-electron chi connectivity index (χ1n) is 10.3. The van der Waals surface area contributed by atoms with Crippen LogP contribution in [-0.2, 0) is 4.79 Å². The van der Waals surface area contributed by atoms with E-state index in [-0.39, 0.29) is 12.6 Å². The van der Waals surface area contributed by atoms with Gasteiger partial charge in [-0.2, -0.15) is 0 Å². The zero-order chi connectivity index (χ0) is 22.0.